The van der Waals surface area contributed by atoms with Crippen LogP contribution in [0, 0.1) is 6.92 Å². The van der Waals surface area contributed by atoms with E-state index in [2.05, 4.69) is 5.32 Å². The fraction of sp³-hybridized carbons (Fsp3) is 0.500. The van der Waals surface area contributed by atoms with Crippen molar-refractivity contribution >= 4 is 23.5 Å². The summed E-state index contributed by atoms with van der Waals surface area (Å²) in [7, 11) is 0. The highest BCUT2D eigenvalue weighted by Crippen LogP contribution is 2.26. The van der Waals surface area contributed by atoms with E-state index in [9.17, 15) is 9.59 Å². The second-order valence-electron chi connectivity index (χ2n) is 5.72. The SMILES string of the molecule is CCN(CC(=O)O)C1CC(NC(=O)c2ccc(Cl)c(C)c2)C1. The summed E-state index contributed by atoms with van der Waals surface area (Å²) < 4.78 is 0. The lowest BCUT2D eigenvalue weighted by atomic mass is 9.85. The van der Waals surface area contributed by atoms with Gasteiger partial charge in [-0.3, -0.25) is 14.5 Å². The van der Waals surface area contributed by atoms with Gasteiger partial charge in [0.15, 0.2) is 0 Å². The van der Waals surface area contributed by atoms with Gasteiger partial charge < -0.3 is 10.4 Å². The molecule has 5 nitrogen and oxygen atoms in total. The molecule has 0 atom stereocenters. The molecule has 0 bridgehead atoms. The zero-order valence-electron chi connectivity index (χ0n) is 12.8. The van der Waals surface area contributed by atoms with Gasteiger partial charge in [-0.15, -0.1) is 0 Å². The van der Waals surface area contributed by atoms with E-state index in [0.717, 1.165) is 18.4 Å². The molecule has 1 aliphatic carbocycles. The number of benzene rings is 1. The van der Waals surface area contributed by atoms with E-state index >= 15 is 0 Å². The number of rotatable bonds is 6. The van der Waals surface area contributed by atoms with Crippen LogP contribution >= 0.6 is 11.6 Å². The number of nitrogens with one attached hydrogen (secondary N) is 1. The standard InChI is InChI=1S/C16H21ClN2O3/c1-3-19(9-15(20)21)13-7-12(8-13)18-16(22)11-4-5-14(17)10(2)6-11/h4-6,12-13H,3,7-9H2,1-2H3,(H,18,22)(H,20,21). The maximum absolute atomic E-state index is 12.2. The Hall–Kier alpha value is -1.59. The number of carbonyl (C=O) groups is 2. The quantitative estimate of drug-likeness (QED) is 0.842. The Morgan fingerprint density at radius 3 is 2.64 bits per heavy atom. The zero-order valence-corrected chi connectivity index (χ0v) is 13.6. The number of hydrogen-bond donors (Lipinski definition) is 2. The van der Waals surface area contributed by atoms with Crippen molar-refractivity contribution in [1.29, 1.82) is 0 Å². The first kappa shape index (κ1) is 16.8. The minimum absolute atomic E-state index is 0.0538. The first-order valence-corrected chi connectivity index (χ1v) is 7.81. The third kappa shape index (κ3) is 3.99. The smallest absolute Gasteiger partial charge is 0.317 e. The highest BCUT2D eigenvalue weighted by molar-refractivity contribution is 6.31. The van der Waals surface area contributed by atoms with Gasteiger partial charge in [-0.05, 0) is 50.1 Å². The van der Waals surface area contributed by atoms with Crippen molar-refractivity contribution in [1.82, 2.24) is 10.2 Å². The maximum Gasteiger partial charge on any atom is 0.317 e. The van der Waals surface area contributed by atoms with Gasteiger partial charge in [0, 0.05) is 22.7 Å². The molecule has 0 aromatic heterocycles. The molecular formula is C16H21ClN2O3. The van der Waals surface area contributed by atoms with Crippen molar-refractivity contribution in [2.45, 2.75) is 38.8 Å². The second-order valence-corrected chi connectivity index (χ2v) is 6.12. The fourth-order valence-electron chi connectivity index (χ4n) is 2.73. The molecule has 0 aliphatic heterocycles. The average Bonchev–Trinajstić information content (AvgIpc) is 2.42. The fourth-order valence-corrected chi connectivity index (χ4v) is 2.85. The molecule has 0 saturated heterocycles. The number of carboxylic acids is 1. The van der Waals surface area contributed by atoms with Crippen LogP contribution in [-0.2, 0) is 4.79 Å². The van der Waals surface area contributed by atoms with Gasteiger partial charge in [0.05, 0.1) is 6.54 Å². The largest absolute Gasteiger partial charge is 0.480 e. The van der Waals surface area contributed by atoms with Crippen LogP contribution in [0.3, 0.4) is 0 Å². The van der Waals surface area contributed by atoms with Crippen LogP contribution in [-0.4, -0.2) is 47.1 Å². The Morgan fingerprint density at radius 2 is 2.09 bits per heavy atom. The van der Waals surface area contributed by atoms with E-state index < -0.39 is 5.97 Å². The highest BCUT2D eigenvalue weighted by atomic mass is 35.5. The van der Waals surface area contributed by atoms with Gasteiger partial charge >= 0.3 is 5.97 Å². The molecule has 0 spiro atoms. The lowest BCUT2D eigenvalue weighted by Gasteiger charge is -2.42. The number of hydrogen-bond acceptors (Lipinski definition) is 3. The molecule has 0 radical (unpaired) electrons. The van der Waals surface area contributed by atoms with Crippen LogP contribution in [0.1, 0.15) is 35.7 Å². The minimum atomic E-state index is -0.814. The molecule has 0 unspecified atom stereocenters. The molecule has 2 N–H and O–H groups in total. The molecule has 1 fully saturated rings. The Bertz CT molecular complexity index is 571. The summed E-state index contributed by atoms with van der Waals surface area (Å²) >= 11 is 5.96. The summed E-state index contributed by atoms with van der Waals surface area (Å²) in [6.07, 6.45) is 1.58. The molecule has 0 heterocycles. The predicted octanol–water partition coefficient (Wildman–Crippen LogP) is 2.32. The van der Waals surface area contributed by atoms with Gasteiger partial charge in [0.1, 0.15) is 0 Å². The van der Waals surface area contributed by atoms with Crippen molar-refractivity contribution in [3.05, 3.63) is 34.3 Å². The molecular weight excluding hydrogens is 304 g/mol. The van der Waals surface area contributed by atoms with E-state index in [4.69, 9.17) is 16.7 Å². The van der Waals surface area contributed by atoms with Crippen LogP contribution < -0.4 is 5.32 Å². The summed E-state index contributed by atoms with van der Waals surface area (Å²) in [5.41, 5.74) is 1.47. The van der Waals surface area contributed by atoms with Crippen molar-refractivity contribution in [3.63, 3.8) is 0 Å². The van der Waals surface area contributed by atoms with Gasteiger partial charge in [-0.2, -0.15) is 0 Å². The molecule has 1 saturated carbocycles. The van der Waals surface area contributed by atoms with Crippen LogP contribution in [0.15, 0.2) is 18.2 Å². The Morgan fingerprint density at radius 1 is 1.41 bits per heavy atom. The first-order chi connectivity index (χ1) is 10.4. The molecule has 22 heavy (non-hydrogen) atoms. The van der Waals surface area contributed by atoms with Crippen molar-refractivity contribution in [2.75, 3.05) is 13.1 Å². The van der Waals surface area contributed by atoms with E-state index in [1.165, 1.54) is 0 Å². The van der Waals surface area contributed by atoms with Crippen LogP contribution in [0.2, 0.25) is 5.02 Å². The average molecular weight is 325 g/mol. The topological polar surface area (TPSA) is 69.6 Å². The summed E-state index contributed by atoms with van der Waals surface area (Å²) in [6, 6.07) is 5.55. The predicted molar refractivity (Wildman–Crippen MR) is 85.3 cm³/mol. The van der Waals surface area contributed by atoms with E-state index in [1.807, 2.05) is 18.7 Å². The van der Waals surface area contributed by atoms with Gasteiger partial charge in [0.2, 0.25) is 0 Å². The van der Waals surface area contributed by atoms with E-state index in [0.29, 0.717) is 17.1 Å². The first-order valence-electron chi connectivity index (χ1n) is 7.43. The van der Waals surface area contributed by atoms with Gasteiger partial charge in [0.25, 0.3) is 5.91 Å². The molecule has 1 aliphatic rings. The number of carbonyl (C=O) groups excluding carboxylic acids is 1. The number of aliphatic carboxylic acids is 1. The van der Waals surface area contributed by atoms with Crippen molar-refractivity contribution in [3.8, 4) is 0 Å². The Labute approximate surface area is 135 Å². The number of likely N-dealkylation sites (N-methyl/N-ethyl adjacent to an activating group) is 1. The Balaban J connectivity index is 1.85. The molecule has 2 rings (SSSR count). The molecule has 1 amide bonds. The lowest BCUT2D eigenvalue weighted by molar-refractivity contribution is -0.139. The molecule has 1 aromatic rings. The van der Waals surface area contributed by atoms with Gasteiger partial charge in [-0.1, -0.05) is 18.5 Å². The van der Waals surface area contributed by atoms with Crippen LogP contribution in [0.5, 0.6) is 0 Å². The molecule has 120 valence electrons. The number of nitrogens with zero attached hydrogens (tertiary/aromatic N) is 1. The maximum atomic E-state index is 12.2. The third-order valence-electron chi connectivity index (χ3n) is 4.13. The van der Waals surface area contributed by atoms with E-state index in [1.54, 1.807) is 18.2 Å². The molecule has 6 heteroatoms. The zero-order chi connectivity index (χ0) is 16.3. The van der Waals surface area contributed by atoms with Crippen LogP contribution in [0.25, 0.3) is 0 Å². The summed E-state index contributed by atoms with van der Waals surface area (Å²) in [5.74, 6) is -0.921. The summed E-state index contributed by atoms with van der Waals surface area (Å²) in [4.78, 5) is 24.9. The van der Waals surface area contributed by atoms with Crippen LogP contribution in [0.4, 0.5) is 0 Å². The lowest BCUT2D eigenvalue weighted by Crippen LogP contribution is -2.54. The van der Waals surface area contributed by atoms with Crippen molar-refractivity contribution < 1.29 is 14.7 Å². The van der Waals surface area contributed by atoms with Gasteiger partial charge in [-0.25, -0.2) is 0 Å². The minimum Gasteiger partial charge on any atom is -0.480 e. The molecule has 1 aromatic carbocycles. The normalized spacial score (nSPS) is 20.5. The summed E-state index contributed by atoms with van der Waals surface area (Å²) in [6.45, 7) is 4.57. The monoisotopic (exact) mass is 324 g/mol. The van der Waals surface area contributed by atoms with Crippen molar-refractivity contribution in [2.24, 2.45) is 0 Å². The van der Waals surface area contributed by atoms with E-state index in [-0.39, 0.29) is 24.5 Å². The number of aryl methyl sites for hydroxylation is 1. The Kier molecular flexibility index (Phi) is 5.42. The second kappa shape index (κ2) is 7.11. The number of amides is 1. The number of halogens is 1. The highest BCUT2D eigenvalue weighted by Gasteiger charge is 2.34. The summed E-state index contributed by atoms with van der Waals surface area (Å²) in [5, 5.41) is 12.5. The number of carboxylic acid groups (broad SMARTS) is 1. The third-order valence-corrected chi connectivity index (χ3v) is 4.55.